The molecular formula is C21H28N4O2S. The molecule has 0 radical (unpaired) electrons. The zero-order valence-electron chi connectivity index (χ0n) is 16.5. The van der Waals surface area contributed by atoms with Crippen LogP contribution in [0.5, 0.6) is 5.75 Å². The quantitative estimate of drug-likeness (QED) is 0.554. The summed E-state index contributed by atoms with van der Waals surface area (Å²) in [6, 6.07) is 10.0. The Hall–Kier alpha value is -2.54. The number of carbonyl (C=O) groups is 1. The molecule has 7 heteroatoms. The highest BCUT2D eigenvalue weighted by Gasteiger charge is 2.20. The molecule has 0 saturated carbocycles. The summed E-state index contributed by atoms with van der Waals surface area (Å²) >= 11 is 1.79. The summed E-state index contributed by atoms with van der Waals surface area (Å²) in [5, 5.41) is 8.61. The van der Waals surface area contributed by atoms with Crippen molar-refractivity contribution in [3.05, 3.63) is 51.7 Å². The minimum absolute atomic E-state index is 0.188. The third kappa shape index (κ3) is 5.48. The molecule has 2 aromatic rings. The standard InChI is InChI=1S/C21H28N4O2S/c1-3-22-21(24-14-16-5-4-6-18(13-16)27-2)23-10-7-20(26)25-11-8-19-17(15-25)9-12-28-19/h4-6,9,12-13H,3,7-8,10-11,14-15H2,1-2H3,(H2,22,23,24). The molecule has 2 heterocycles. The molecule has 1 aliphatic heterocycles. The minimum Gasteiger partial charge on any atom is -0.497 e. The number of fused-ring (bicyclic) bond motifs is 1. The number of hydrogen-bond acceptors (Lipinski definition) is 4. The van der Waals surface area contributed by atoms with Crippen LogP contribution in [0.1, 0.15) is 29.3 Å². The zero-order valence-corrected chi connectivity index (χ0v) is 17.3. The first-order chi connectivity index (χ1) is 13.7. The van der Waals surface area contributed by atoms with Crippen LogP contribution in [-0.4, -0.2) is 43.5 Å². The first-order valence-corrected chi connectivity index (χ1v) is 10.6. The van der Waals surface area contributed by atoms with Crippen molar-refractivity contribution >= 4 is 23.2 Å². The number of rotatable bonds is 7. The van der Waals surface area contributed by atoms with Gasteiger partial charge in [-0.15, -0.1) is 11.3 Å². The molecule has 3 rings (SSSR count). The smallest absolute Gasteiger partial charge is 0.224 e. The van der Waals surface area contributed by atoms with E-state index in [0.29, 0.717) is 19.5 Å². The molecule has 0 unspecified atom stereocenters. The fraction of sp³-hybridized carbons (Fsp3) is 0.429. The normalized spacial score (nSPS) is 13.8. The van der Waals surface area contributed by atoms with Gasteiger partial charge in [0.15, 0.2) is 5.96 Å². The maximum atomic E-state index is 12.5. The van der Waals surface area contributed by atoms with Crippen molar-refractivity contribution in [2.45, 2.75) is 32.9 Å². The molecule has 1 amide bonds. The molecule has 0 bridgehead atoms. The van der Waals surface area contributed by atoms with Gasteiger partial charge >= 0.3 is 0 Å². The average Bonchev–Trinajstić information content (AvgIpc) is 3.20. The van der Waals surface area contributed by atoms with Crippen molar-refractivity contribution in [3.63, 3.8) is 0 Å². The molecule has 0 aliphatic carbocycles. The molecule has 28 heavy (non-hydrogen) atoms. The number of ether oxygens (including phenoxy) is 1. The number of benzene rings is 1. The Bertz CT molecular complexity index is 818. The Morgan fingerprint density at radius 1 is 1.32 bits per heavy atom. The lowest BCUT2D eigenvalue weighted by Crippen LogP contribution is -2.41. The number of carbonyl (C=O) groups excluding carboxylic acids is 1. The fourth-order valence-corrected chi connectivity index (χ4v) is 4.08. The van der Waals surface area contributed by atoms with Gasteiger partial charge in [-0.3, -0.25) is 4.79 Å². The average molecular weight is 401 g/mol. The van der Waals surface area contributed by atoms with E-state index in [-0.39, 0.29) is 5.91 Å². The van der Waals surface area contributed by atoms with Gasteiger partial charge in [-0.25, -0.2) is 4.99 Å². The van der Waals surface area contributed by atoms with Gasteiger partial charge in [0.2, 0.25) is 5.91 Å². The fourth-order valence-electron chi connectivity index (χ4n) is 3.19. The van der Waals surface area contributed by atoms with Gasteiger partial charge in [0.25, 0.3) is 0 Å². The Morgan fingerprint density at radius 3 is 3.04 bits per heavy atom. The van der Waals surface area contributed by atoms with Crippen LogP contribution >= 0.6 is 11.3 Å². The summed E-state index contributed by atoms with van der Waals surface area (Å²) in [4.78, 5) is 20.5. The third-order valence-corrected chi connectivity index (χ3v) is 5.71. The van der Waals surface area contributed by atoms with E-state index in [0.717, 1.165) is 43.3 Å². The van der Waals surface area contributed by atoms with Crippen LogP contribution in [0.2, 0.25) is 0 Å². The molecule has 0 fully saturated rings. The van der Waals surface area contributed by atoms with E-state index in [9.17, 15) is 4.79 Å². The largest absolute Gasteiger partial charge is 0.497 e. The molecule has 6 nitrogen and oxygen atoms in total. The van der Waals surface area contributed by atoms with Crippen molar-refractivity contribution in [1.29, 1.82) is 0 Å². The topological polar surface area (TPSA) is 66.0 Å². The Balaban J connectivity index is 1.48. The SMILES string of the molecule is CCNC(=NCc1cccc(OC)c1)NCCC(=O)N1CCc2sccc2C1. The van der Waals surface area contributed by atoms with Crippen LogP contribution in [0.25, 0.3) is 0 Å². The second-order valence-electron chi connectivity index (χ2n) is 6.66. The van der Waals surface area contributed by atoms with Crippen LogP contribution in [0.15, 0.2) is 40.7 Å². The second kappa shape index (κ2) is 10.1. The molecule has 1 aromatic carbocycles. The summed E-state index contributed by atoms with van der Waals surface area (Å²) in [6.07, 6.45) is 1.43. The van der Waals surface area contributed by atoms with Gasteiger partial charge < -0.3 is 20.3 Å². The van der Waals surface area contributed by atoms with Gasteiger partial charge in [-0.05, 0) is 48.1 Å². The molecule has 0 atom stereocenters. The van der Waals surface area contributed by atoms with E-state index in [2.05, 4.69) is 27.1 Å². The third-order valence-electron chi connectivity index (χ3n) is 4.69. The number of guanidine groups is 1. The predicted molar refractivity (Wildman–Crippen MR) is 114 cm³/mol. The summed E-state index contributed by atoms with van der Waals surface area (Å²) in [5.41, 5.74) is 2.37. The summed E-state index contributed by atoms with van der Waals surface area (Å²) in [5.74, 6) is 1.73. The maximum Gasteiger partial charge on any atom is 0.224 e. The highest BCUT2D eigenvalue weighted by molar-refractivity contribution is 7.10. The van der Waals surface area contributed by atoms with Crippen LogP contribution in [-0.2, 0) is 24.3 Å². The molecule has 2 N–H and O–H groups in total. The summed E-state index contributed by atoms with van der Waals surface area (Å²) in [7, 11) is 1.66. The van der Waals surface area contributed by atoms with Crippen molar-refractivity contribution < 1.29 is 9.53 Å². The lowest BCUT2D eigenvalue weighted by Gasteiger charge is -2.27. The van der Waals surface area contributed by atoms with Gasteiger partial charge in [0.05, 0.1) is 13.7 Å². The molecule has 1 aliphatic rings. The second-order valence-corrected chi connectivity index (χ2v) is 7.66. The van der Waals surface area contributed by atoms with Gasteiger partial charge in [0, 0.05) is 37.5 Å². The monoisotopic (exact) mass is 400 g/mol. The van der Waals surface area contributed by atoms with E-state index in [1.165, 1.54) is 10.4 Å². The van der Waals surface area contributed by atoms with Crippen LogP contribution < -0.4 is 15.4 Å². The number of methoxy groups -OCH3 is 1. The number of nitrogens with one attached hydrogen (secondary N) is 2. The molecule has 0 spiro atoms. The number of thiophene rings is 1. The van der Waals surface area contributed by atoms with Gasteiger partial charge in [-0.2, -0.15) is 0 Å². The Kier molecular flexibility index (Phi) is 7.31. The Morgan fingerprint density at radius 2 is 2.21 bits per heavy atom. The maximum absolute atomic E-state index is 12.5. The van der Waals surface area contributed by atoms with Crippen LogP contribution in [0.4, 0.5) is 0 Å². The van der Waals surface area contributed by atoms with Crippen LogP contribution in [0.3, 0.4) is 0 Å². The zero-order chi connectivity index (χ0) is 19.8. The Labute approximate surface area is 170 Å². The number of aliphatic imine (C=N–C) groups is 1. The molecule has 150 valence electrons. The first kappa shape index (κ1) is 20.2. The number of amides is 1. The lowest BCUT2D eigenvalue weighted by molar-refractivity contribution is -0.131. The van der Waals surface area contributed by atoms with E-state index >= 15 is 0 Å². The van der Waals surface area contributed by atoms with E-state index in [1.807, 2.05) is 36.1 Å². The van der Waals surface area contributed by atoms with Gasteiger partial charge in [0.1, 0.15) is 5.75 Å². The van der Waals surface area contributed by atoms with Crippen molar-refractivity contribution in [2.24, 2.45) is 4.99 Å². The summed E-state index contributed by atoms with van der Waals surface area (Å²) < 4.78 is 5.25. The van der Waals surface area contributed by atoms with Gasteiger partial charge in [-0.1, -0.05) is 12.1 Å². The number of hydrogen-bond donors (Lipinski definition) is 2. The van der Waals surface area contributed by atoms with Crippen molar-refractivity contribution in [2.75, 3.05) is 26.7 Å². The van der Waals surface area contributed by atoms with Crippen molar-refractivity contribution in [1.82, 2.24) is 15.5 Å². The van der Waals surface area contributed by atoms with E-state index in [1.54, 1.807) is 18.4 Å². The van der Waals surface area contributed by atoms with E-state index < -0.39 is 0 Å². The van der Waals surface area contributed by atoms with E-state index in [4.69, 9.17) is 4.74 Å². The lowest BCUT2D eigenvalue weighted by atomic mass is 10.1. The predicted octanol–water partition coefficient (Wildman–Crippen LogP) is 2.79. The minimum atomic E-state index is 0.188. The molecule has 0 saturated heterocycles. The number of nitrogens with zero attached hydrogens (tertiary/aromatic N) is 2. The molecular weight excluding hydrogens is 372 g/mol. The first-order valence-electron chi connectivity index (χ1n) is 9.67. The van der Waals surface area contributed by atoms with Crippen molar-refractivity contribution in [3.8, 4) is 5.75 Å². The summed E-state index contributed by atoms with van der Waals surface area (Å²) in [6.45, 7) is 5.46. The highest BCUT2D eigenvalue weighted by Crippen LogP contribution is 2.24. The molecule has 1 aromatic heterocycles. The highest BCUT2D eigenvalue weighted by atomic mass is 32.1. The van der Waals surface area contributed by atoms with Crippen LogP contribution in [0, 0.1) is 0 Å².